The molecule has 0 saturated heterocycles. The summed E-state index contributed by atoms with van der Waals surface area (Å²) in [5, 5.41) is 10.5. The van der Waals surface area contributed by atoms with E-state index in [-0.39, 0.29) is 34.2 Å². The number of carboxylic acid groups (broad SMARTS) is 1. The van der Waals surface area contributed by atoms with E-state index in [1.165, 1.54) is 18.1 Å². The number of fused-ring (bicyclic) bond motifs is 4. The van der Waals surface area contributed by atoms with E-state index in [0.717, 1.165) is 37.7 Å². The Labute approximate surface area is 229 Å². The summed E-state index contributed by atoms with van der Waals surface area (Å²) in [6, 6.07) is 0. The Kier molecular flexibility index (Phi) is 7.37. The summed E-state index contributed by atoms with van der Waals surface area (Å²) in [4.78, 5) is 38.1. The van der Waals surface area contributed by atoms with Gasteiger partial charge in [0.1, 0.15) is 11.9 Å². The second-order valence-electron chi connectivity index (χ2n) is 14.5. The topological polar surface area (TPSA) is 80.7 Å². The fourth-order valence-electron chi connectivity index (χ4n) is 9.64. The molecule has 0 aromatic rings. The smallest absolute Gasteiger partial charge is 0.306 e. The highest BCUT2D eigenvalue weighted by Gasteiger charge is 2.68. The van der Waals surface area contributed by atoms with E-state index < -0.39 is 17.3 Å². The minimum absolute atomic E-state index is 0.0462. The van der Waals surface area contributed by atoms with Crippen LogP contribution in [0.1, 0.15) is 113 Å². The molecule has 0 heterocycles. The maximum Gasteiger partial charge on any atom is 0.306 e. The third-order valence-corrected chi connectivity index (χ3v) is 12.3. The molecule has 0 bridgehead atoms. The molecule has 2 saturated carbocycles. The molecular weight excluding hydrogens is 476 g/mol. The molecule has 4 rings (SSSR count). The number of Topliss-reactive ketones (excluding diaryl/α,β-unsaturated/α-hetero) is 1. The van der Waals surface area contributed by atoms with E-state index >= 15 is 0 Å². The highest BCUT2D eigenvalue weighted by atomic mass is 16.5. The SMILES string of the molecule is C=C(CC[C@@H](C(=O)O)[C@H]1C[C@H](OC(C)=O)[C@@]2(C)C3=C(CC[C@]12C)[C@@]1(C)CCC(=O)C(C)(C)[C@H]1CC3)C(C)C. The average molecular weight is 527 g/mol. The number of carbonyl (C=O) groups excluding carboxylic acids is 2. The largest absolute Gasteiger partial charge is 0.481 e. The maximum atomic E-state index is 12.9. The molecule has 7 atom stereocenters. The molecule has 38 heavy (non-hydrogen) atoms. The van der Waals surface area contributed by atoms with Crippen molar-refractivity contribution in [2.75, 3.05) is 0 Å². The van der Waals surface area contributed by atoms with Gasteiger partial charge in [-0.1, -0.05) is 71.8 Å². The predicted molar refractivity (Wildman–Crippen MR) is 149 cm³/mol. The Balaban J connectivity index is 1.80. The van der Waals surface area contributed by atoms with Crippen molar-refractivity contribution in [3.8, 4) is 0 Å². The van der Waals surface area contributed by atoms with E-state index in [1.807, 2.05) is 0 Å². The normalized spacial score (nSPS) is 38.8. The van der Waals surface area contributed by atoms with Crippen molar-refractivity contribution >= 4 is 17.7 Å². The van der Waals surface area contributed by atoms with Crippen LogP contribution in [-0.4, -0.2) is 28.9 Å². The van der Waals surface area contributed by atoms with Crippen molar-refractivity contribution in [2.45, 2.75) is 119 Å². The molecule has 5 heteroatoms. The molecule has 0 aromatic carbocycles. The fourth-order valence-corrected chi connectivity index (χ4v) is 9.64. The molecule has 0 spiro atoms. The molecule has 4 aliphatic carbocycles. The number of ketones is 1. The number of carboxylic acids is 1. The average Bonchev–Trinajstić information content (AvgIpc) is 3.03. The Hall–Kier alpha value is -1.91. The van der Waals surface area contributed by atoms with E-state index in [2.05, 4.69) is 55.0 Å². The van der Waals surface area contributed by atoms with Crippen LogP contribution in [0.5, 0.6) is 0 Å². The van der Waals surface area contributed by atoms with Gasteiger partial charge in [-0.3, -0.25) is 14.4 Å². The zero-order valence-electron chi connectivity index (χ0n) is 25.0. The fraction of sp³-hybridized carbons (Fsp3) is 0.788. The molecule has 0 aromatic heterocycles. The Morgan fingerprint density at radius 1 is 1.05 bits per heavy atom. The van der Waals surface area contributed by atoms with Gasteiger partial charge in [0.15, 0.2) is 0 Å². The molecule has 5 nitrogen and oxygen atoms in total. The summed E-state index contributed by atoms with van der Waals surface area (Å²) in [7, 11) is 0. The van der Waals surface area contributed by atoms with E-state index in [4.69, 9.17) is 4.74 Å². The number of aliphatic carboxylic acids is 1. The lowest BCUT2D eigenvalue weighted by molar-refractivity contribution is -0.154. The first-order valence-electron chi connectivity index (χ1n) is 14.9. The van der Waals surface area contributed by atoms with Crippen LogP contribution < -0.4 is 0 Å². The molecule has 0 radical (unpaired) electrons. The Bertz CT molecular complexity index is 1070. The zero-order valence-corrected chi connectivity index (χ0v) is 25.0. The van der Waals surface area contributed by atoms with Gasteiger partial charge in [0.25, 0.3) is 0 Å². The first-order chi connectivity index (χ1) is 17.5. The lowest BCUT2D eigenvalue weighted by Gasteiger charge is -2.61. The number of hydrogen-bond donors (Lipinski definition) is 1. The molecule has 1 N–H and O–H groups in total. The van der Waals surface area contributed by atoms with Crippen LogP contribution in [-0.2, 0) is 19.1 Å². The summed E-state index contributed by atoms with van der Waals surface area (Å²) < 4.78 is 6.11. The van der Waals surface area contributed by atoms with E-state index in [0.29, 0.717) is 43.3 Å². The second-order valence-corrected chi connectivity index (χ2v) is 14.5. The zero-order chi connectivity index (χ0) is 28.4. The van der Waals surface area contributed by atoms with Crippen LogP contribution in [0.3, 0.4) is 0 Å². The van der Waals surface area contributed by atoms with Gasteiger partial charge in [0.2, 0.25) is 0 Å². The van der Waals surface area contributed by atoms with Crippen molar-refractivity contribution in [3.05, 3.63) is 23.3 Å². The minimum Gasteiger partial charge on any atom is -0.481 e. The third kappa shape index (κ3) is 4.13. The monoisotopic (exact) mass is 526 g/mol. The molecular formula is C33H50O5. The maximum absolute atomic E-state index is 12.9. The van der Waals surface area contributed by atoms with Crippen LogP contribution in [0.2, 0.25) is 0 Å². The lowest BCUT2D eigenvalue weighted by Crippen LogP contribution is -2.55. The number of esters is 1. The quantitative estimate of drug-likeness (QED) is 0.274. The predicted octanol–water partition coefficient (Wildman–Crippen LogP) is 7.54. The van der Waals surface area contributed by atoms with Gasteiger partial charge in [0, 0.05) is 24.2 Å². The van der Waals surface area contributed by atoms with Crippen molar-refractivity contribution in [1.29, 1.82) is 0 Å². The standard InChI is InChI=1S/C33H50O5/c1-19(2)20(3)10-11-22(29(36)37)25-18-28(38-21(4)34)33(9)24-12-13-26-30(5,6)27(35)15-16-31(26,7)23(24)14-17-32(25,33)8/h19,22,25-26,28H,3,10-18H2,1-2,4-9H3,(H,36,37)/t22-,25-,26-,28+,31-,32-,33-/m1/s1. The summed E-state index contributed by atoms with van der Waals surface area (Å²) >= 11 is 0. The molecule has 4 aliphatic rings. The van der Waals surface area contributed by atoms with E-state index in [1.54, 1.807) is 0 Å². The van der Waals surface area contributed by atoms with Crippen molar-refractivity contribution in [2.24, 2.45) is 45.3 Å². The molecule has 0 unspecified atom stereocenters. The summed E-state index contributed by atoms with van der Waals surface area (Å²) in [6.07, 6.45) is 6.67. The first kappa shape index (κ1) is 29.1. The summed E-state index contributed by atoms with van der Waals surface area (Å²) in [6.45, 7) is 21.1. The molecule has 0 aliphatic heterocycles. The van der Waals surface area contributed by atoms with Gasteiger partial charge >= 0.3 is 11.9 Å². The van der Waals surface area contributed by atoms with Crippen molar-refractivity contribution in [1.82, 2.24) is 0 Å². The van der Waals surface area contributed by atoms with Gasteiger partial charge in [-0.05, 0) is 80.0 Å². The Morgan fingerprint density at radius 2 is 1.71 bits per heavy atom. The van der Waals surface area contributed by atoms with Crippen LogP contribution in [0.25, 0.3) is 0 Å². The van der Waals surface area contributed by atoms with Crippen molar-refractivity contribution < 1.29 is 24.2 Å². The van der Waals surface area contributed by atoms with E-state index in [9.17, 15) is 19.5 Å². The Morgan fingerprint density at radius 3 is 2.29 bits per heavy atom. The number of rotatable bonds is 7. The number of ether oxygens (including phenoxy) is 1. The minimum atomic E-state index is -0.749. The summed E-state index contributed by atoms with van der Waals surface area (Å²) in [5.41, 5.74) is 2.87. The van der Waals surface area contributed by atoms with Gasteiger partial charge in [-0.25, -0.2) is 0 Å². The third-order valence-electron chi connectivity index (χ3n) is 12.3. The molecule has 2 fully saturated rings. The number of carbonyl (C=O) groups is 3. The van der Waals surface area contributed by atoms with Crippen molar-refractivity contribution in [3.63, 3.8) is 0 Å². The highest BCUT2D eigenvalue weighted by Crippen LogP contribution is 2.72. The van der Waals surface area contributed by atoms with Gasteiger partial charge in [0.05, 0.1) is 5.92 Å². The highest BCUT2D eigenvalue weighted by molar-refractivity contribution is 5.85. The first-order valence-corrected chi connectivity index (χ1v) is 14.9. The molecule has 0 amide bonds. The lowest BCUT2D eigenvalue weighted by atomic mass is 9.43. The number of allylic oxidation sites excluding steroid dienone is 2. The van der Waals surface area contributed by atoms with Gasteiger partial charge < -0.3 is 9.84 Å². The van der Waals surface area contributed by atoms with Gasteiger partial charge in [-0.15, -0.1) is 0 Å². The second kappa shape index (κ2) is 9.63. The van der Waals surface area contributed by atoms with Crippen LogP contribution in [0, 0.1) is 45.3 Å². The van der Waals surface area contributed by atoms with Crippen LogP contribution in [0.15, 0.2) is 23.3 Å². The van der Waals surface area contributed by atoms with Crippen LogP contribution in [0.4, 0.5) is 0 Å². The number of hydrogen-bond acceptors (Lipinski definition) is 4. The summed E-state index contributed by atoms with van der Waals surface area (Å²) in [5.74, 6) is -0.623. The molecule has 212 valence electrons. The van der Waals surface area contributed by atoms with Gasteiger partial charge in [-0.2, -0.15) is 0 Å². The van der Waals surface area contributed by atoms with Crippen LogP contribution >= 0.6 is 0 Å².